The first-order valence-electron chi connectivity index (χ1n) is 9.62. The van der Waals surface area contributed by atoms with Crippen LogP contribution in [-0.2, 0) is 16.1 Å². The number of carbonyl (C=O) groups is 2. The second-order valence-corrected chi connectivity index (χ2v) is 7.20. The Bertz CT molecular complexity index is 1060. The molecule has 1 fully saturated rings. The smallest absolute Gasteiger partial charge is 0.227 e. The van der Waals surface area contributed by atoms with Crippen LogP contribution in [-0.4, -0.2) is 31.6 Å². The number of hydrogen-bond acceptors (Lipinski definition) is 5. The van der Waals surface area contributed by atoms with Crippen molar-refractivity contribution in [1.29, 1.82) is 0 Å². The Hall–Kier alpha value is -3.48. The van der Waals surface area contributed by atoms with Crippen molar-refractivity contribution in [2.45, 2.75) is 13.0 Å². The number of nitrogens with one attached hydrogen (secondary N) is 1. The third-order valence-corrected chi connectivity index (χ3v) is 5.25. The van der Waals surface area contributed by atoms with Crippen LogP contribution in [0.25, 0.3) is 11.0 Å². The monoisotopic (exact) mass is 392 g/mol. The third kappa shape index (κ3) is 3.40. The zero-order chi connectivity index (χ0) is 19.8. The first kappa shape index (κ1) is 17.6. The van der Waals surface area contributed by atoms with E-state index in [-0.39, 0.29) is 18.2 Å². The lowest BCUT2D eigenvalue weighted by atomic mass is 10.1. The fourth-order valence-electron chi connectivity index (χ4n) is 3.78. The highest BCUT2D eigenvalue weighted by atomic mass is 16.6. The van der Waals surface area contributed by atoms with Crippen molar-refractivity contribution in [3.8, 4) is 11.5 Å². The molecule has 1 atom stereocenters. The van der Waals surface area contributed by atoms with Gasteiger partial charge in [0.2, 0.25) is 11.8 Å². The van der Waals surface area contributed by atoms with Gasteiger partial charge in [-0.3, -0.25) is 9.59 Å². The molecule has 2 amide bonds. The molecule has 7 nitrogen and oxygen atoms in total. The molecule has 0 saturated carbocycles. The number of nitrogens with zero attached hydrogens (tertiary/aromatic N) is 1. The molecule has 1 unspecified atom stereocenters. The number of benzene rings is 2. The predicted molar refractivity (Wildman–Crippen MR) is 106 cm³/mol. The fourth-order valence-corrected chi connectivity index (χ4v) is 3.78. The molecule has 0 aliphatic carbocycles. The van der Waals surface area contributed by atoms with Crippen LogP contribution in [0.15, 0.2) is 52.9 Å². The van der Waals surface area contributed by atoms with E-state index < -0.39 is 5.92 Å². The van der Waals surface area contributed by atoms with E-state index in [2.05, 4.69) is 5.32 Å². The first-order valence-corrected chi connectivity index (χ1v) is 9.62. The number of carbonyl (C=O) groups excluding carboxylic acids is 2. The van der Waals surface area contributed by atoms with E-state index in [0.29, 0.717) is 49.2 Å². The van der Waals surface area contributed by atoms with Gasteiger partial charge in [-0.25, -0.2) is 0 Å². The van der Waals surface area contributed by atoms with Crippen molar-refractivity contribution in [3.05, 3.63) is 54.3 Å². The number of hydrogen-bond donors (Lipinski definition) is 1. The molecule has 1 N–H and O–H groups in total. The second kappa shape index (κ2) is 7.16. The van der Waals surface area contributed by atoms with Gasteiger partial charge in [-0.2, -0.15) is 0 Å². The molecule has 0 spiro atoms. The normalized spacial score (nSPS) is 18.3. The van der Waals surface area contributed by atoms with Gasteiger partial charge in [0, 0.05) is 30.1 Å². The summed E-state index contributed by atoms with van der Waals surface area (Å²) in [4.78, 5) is 26.7. The zero-order valence-electron chi connectivity index (χ0n) is 15.7. The van der Waals surface area contributed by atoms with Crippen LogP contribution in [0, 0.1) is 5.92 Å². The number of para-hydroxylation sites is 1. The molecule has 7 heteroatoms. The number of ether oxygens (including phenoxy) is 2. The Morgan fingerprint density at radius 1 is 1.07 bits per heavy atom. The Morgan fingerprint density at radius 2 is 1.90 bits per heavy atom. The van der Waals surface area contributed by atoms with Gasteiger partial charge in [0.05, 0.1) is 12.5 Å². The molecule has 29 heavy (non-hydrogen) atoms. The predicted octanol–water partition coefficient (Wildman–Crippen LogP) is 2.87. The molecule has 0 bridgehead atoms. The highest BCUT2D eigenvalue weighted by Gasteiger charge is 2.35. The maximum atomic E-state index is 12.6. The van der Waals surface area contributed by atoms with Gasteiger partial charge in [0.25, 0.3) is 0 Å². The Morgan fingerprint density at radius 3 is 2.76 bits per heavy atom. The van der Waals surface area contributed by atoms with Gasteiger partial charge < -0.3 is 24.1 Å². The molecule has 148 valence electrons. The van der Waals surface area contributed by atoms with Gasteiger partial charge in [-0.15, -0.1) is 0 Å². The first-order chi connectivity index (χ1) is 14.2. The van der Waals surface area contributed by atoms with Crippen LogP contribution in [0.2, 0.25) is 0 Å². The fraction of sp³-hybridized carbons (Fsp3) is 0.273. The average Bonchev–Trinajstić information content (AvgIpc) is 3.35. The summed E-state index contributed by atoms with van der Waals surface area (Å²) in [7, 11) is 0. The molecule has 3 heterocycles. The van der Waals surface area contributed by atoms with Crippen LogP contribution in [0.5, 0.6) is 11.5 Å². The lowest BCUT2D eigenvalue weighted by molar-refractivity contribution is -0.126. The van der Waals surface area contributed by atoms with Crippen LogP contribution in [0.4, 0.5) is 5.69 Å². The Kier molecular flexibility index (Phi) is 4.35. The van der Waals surface area contributed by atoms with Crippen molar-refractivity contribution in [3.63, 3.8) is 0 Å². The van der Waals surface area contributed by atoms with Crippen LogP contribution in [0.3, 0.4) is 0 Å². The minimum Gasteiger partial charge on any atom is -0.486 e. The topological polar surface area (TPSA) is 81.0 Å². The lowest BCUT2D eigenvalue weighted by Crippen LogP contribution is -2.32. The molecule has 2 aliphatic rings. The van der Waals surface area contributed by atoms with Crippen LogP contribution < -0.4 is 19.7 Å². The van der Waals surface area contributed by atoms with Gasteiger partial charge in [0.1, 0.15) is 24.6 Å². The number of fused-ring (bicyclic) bond motifs is 2. The maximum Gasteiger partial charge on any atom is 0.227 e. The number of anilines is 1. The van der Waals surface area contributed by atoms with Gasteiger partial charge in [-0.05, 0) is 24.3 Å². The molecule has 0 radical (unpaired) electrons. The average molecular weight is 392 g/mol. The summed E-state index contributed by atoms with van der Waals surface area (Å²) in [6.45, 7) is 1.63. The molecule has 2 aliphatic heterocycles. The van der Waals surface area contributed by atoms with Crippen LogP contribution >= 0.6 is 0 Å². The standard InChI is InChI=1S/C22H20N2O5/c25-21-10-15(13-24(21)16-5-6-19-20(11-16)28-8-7-27-19)22(26)23-12-17-9-14-3-1-2-4-18(14)29-17/h1-6,9,11,15H,7-8,10,12-13H2,(H,23,26). The van der Waals surface area contributed by atoms with Crippen molar-refractivity contribution >= 4 is 28.5 Å². The van der Waals surface area contributed by atoms with Crippen LogP contribution in [0.1, 0.15) is 12.2 Å². The quantitative estimate of drug-likeness (QED) is 0.738. The van der Waals surface area contributed by atoms with Gasteiger partial charge in [-0.1, -0.05) is 18.2 Å². The van der Waals surface area contributed by atoms with E-state index >= 15 is 0 Å². The number of rotatable bonds is 4. The molecule has 1 saturated heterocycles. The van der Waals surface area contributed by atoms with Crippen molar-refractivity contribution < 1.29 is 23.5 Å². The largest absolute Gasteiger partial charge is 0.486 e. The molecule has 1 aromatic heterocycles. The summed E-state index contributed by atoms with van der Waals surface area (Å²) < 4.78 is 16.8. The number of furan rings is 1. The Labute approximate surface area is 167 Å². The van der Waals surface area contributed by atoms with E-state index in [9.17, 15) is 9.59 Å². The van der Waals surface area contributed by atoms with Crippen molar-refractivity contribution in [2.24, 2.45) is 5.92 Å². The van der Waals surface area contributed by atoms with E-state index in [0.717, 1.165) is 11.0 Å². The van der Waals surface area contributed by atoms with Gasteiger partial charge >= 0.3 is 0 Å². The molecular weight excluding hydrogens is 372 g/mol. The maximum absolute atomic E-state index is 12.6. The highest BCUT2D eigenvalue weighted by Crippen LogP contribution is 2.36. The summed E-state index contributed by atoms with van der Waals surface area (Å²) >= 11 is 0. The summed E-state index contributed by atoms with van der Waals surface area (Å²) in [5.74, 6) is 1.35. The summed E-state index contributed by atoms with van der Waals surface area (Å²) in [5, 5.41) is 3.89. The summed E-state index contributed by atoms with van der Waals surface area (Å²) in [5.41, 5.74) is 1.50. The van der Waals surface area contributed by atoms with Crippen molar-refractivity contribution in [1.82, 2.24) is 5.32 Å². The highest BCUT2D eigenvalue weighted by molar-refractivity contribution is 6.00. The van der Waals surface area contributed by atoms with Crippen molar-refractivity contribution in [2.75, 3.05) is 24.7 Å². The second-order valence-electron chi connectivity index (χ2n) is 7.20. The van der Waals surface area contributed by atoms with E-state index in [1.807, 2.05) is 36.4 Å². The molecule has 5 rings (SSSR count). The number of amides is 2. The van der Waals surface area contributed by atoms with Gasteiger partial charge in [0.15, 0.2) is 11.5 Å². The minimum absolute atomic E-state index is 0.0782. The van der Waals surface area contributed by atoms with E-state index in [1.165, 1.54) is 0 Å². The third-order valence-electron chi connectivity index (χ3n) is 5.25. The molecule has 2 aromatic carbocycles. The Balaban J connectivity index is 1.24. The molecular formula is C22H20N2O5. The SMILES string of the molecule is O=C(NCc1cc2ccccc2o1)C1CC(=O)N(c2ccc3c(c2)OCCO3)C1. The zero-order valence-corrected chi connectivity index (χ0v) is 15.7. The summed E-state index contributed by atoms with van der Waals surface area (Å²) in [6, 6.07) is 15.0. The summed E-state index contributed by atoms with van der Waals surface area (Å²) in [6.07, 6.45) is 0.181. The minimum atomic E-state index is -0.403. The lowest BCUT2D eigenvalue weighted by Gasteiger charge is -2.22. The van der Waals surface area contributed by atoms with E-state index in [4.69, 9.17) is 13.9 Å². The molecule has 3 aromatic rings. The van der Waals surface area contributed by atoms with E-state index in [1.54, 1.807) is 17.0 Å².